The highest BCUT2D eigenvalue weighted by Crippen LogP contribution is 2.28. The molecule has 100 valence electrons. The summed E-state index contributed by atoms with van der Waals surface area (Å²) in [5.41, 5.74) is 2.77. The Morgan fingerprint density at radius 1 is 1.05 bits per heavy atom. The molecule has 0 aliphatic rings. The van der Waals surface area contributed by atoms with E-state index in [1.165, 1.54) is 0 Å². The lowest BCUT2D eigenvalue weighted by Crippen LogP contribution is -2.00. The van der Waals surface area contributed by atoms with Crippen LogP contribution in [0, 0.1) is 13.8 Å². The minimum absolute atomic E-state index is 0.340. The first-order valence-corrected chi connectivity index (χ1v) is 6.81. The second-order valence-corrected chi connectivity index (χ2v) is 5.42. The number of aromatic nitrogens is 1. The molecule has 5 heteroatoms. The van der Waals surface area contributed by atoms with E-state index in [0.717, 1.165) is 22.4 Å². The normalized spacial score (nSPS) is 10.6. The van der Waals surface area contributed by atoms with E-state index in [1.54, 1.807) is 12.1 Å². The fourth-order valence-corrected chi connectivity index (χ4v) is 2.55. The van der Waals surface area contributed by atoms with Crippen molar-refractivity contribution in [3.05, 3.63) is 56.3 Å². The van der Waals surface area contributed by atoms with Gasteiger partial charge < -0.3 is 4.74 Å². The van der Waals surface area contributed by atoms with E-state index in [0.29, 0.717) is 21.9 Å². The van der Waals surface area contributed by atoms with Crippen molar-refractivity contribution in [1.82, 2.24) is 4.98 Å². The molecule has 0 bridgehead atoms. The molecule has 0 atom stereocenters. The van der Waals surface area contributed by atoms with Crippen LogP contribution in [0.2, 0.25) is 15.3 Å². The summed E-state index contributed by atoms with van der Waals surface area (Å²) in [5.74, 6) is 0.815. The van der Waals surface area contributed by atoms with Crippen LogP contribution in [0.5, 0.6) is 5.75 Å². The Balaban J connectivity index is 2.19. The highest BCUT2D eigenvalue weighted by Gasteiger charge is 2.08. The minimum atomic E-state index is 0.340. The Morgan fingerprint density at radius 3 is 2.26 bits per heavy atom. The van der Waals surface area contributed by atoms with Crippen molar-refractivity contribution in [1.29, 1.82) is 0 Å². The number of aryl methyl sites for hydroxylation is 2. The number of pyridine rings is 1. The maximum absolute atomic E-state index is 6.00. The summed E-state index contributed by atoms with van der Waals surface area (Å²) in [6.07, 6.45) is 0. The van der Waals surface area contributed by atoms with Crippen LogP contribution in [0.25, 0.3) is 0 Å². The zero-order valence-electron chi connectivity index (χ0n) is 10.5. The first kappa shape index (κ1) is 14.4. The third kappa shape index (κ3) is 3.53. The van der Waals surface area contributed by atoms with Gasteiger partial charge in [0.05, 0.1) is 0 Å². The van der Waals surface area contributed by atoms with Crippen molar-refractivity contribution in [3.8, 4) is 5.75 Å². The molecule has 0 saturated heterocycles. The largest absolute Gasteiger partial charge is 0.488 e. The Kier molecular flexibility index (Phi) is 4.56. The van der Waals surface area contributed by atoms with Crippen molar-refractivity contribution < 1.29 is 4.74 Å². The molecule has 0 aliphatic heterocycles. The molecule has 0 radical (unpaired) electrons. The second kappa shape index (κ2) is 6.00. The summed E-state index contributed by atoms with van der Waals surface area (Å²) in [4.78, 5) is 3.97. The van der Waals surface area contributed by atoms with Crippen molar-refractivity contribution in [2.75, 3.05) is 0 Å². The smallest absolute Gasteiger partial charge is 0.137 e. The zero-order valence-corrected chi connectivity index (χ0v) is 12.8. The van der Waals surface area contributed by atoms with E-state index in [9.17, 15) is 0 Å². The molecule has 0 spiro atoms. The number of hydrogen-bond acceptors (Lipinski definition) is 2. The third-order valence-corrected chi connectivity index (χ3v) is 3.45. The second-order valence-electron chi connectivity index (χ2n) is 4.24. The van der Waals surface area contributed by atoms with Crippen LogP contribution in [-0.4, -0.2) is 4.98 Å². The molecule has 2 nitrogen and oxygen atoms in total. The summed E-state index contributed by atoms with van der Waals surface area (Å²) >= 11 is 17.7. The van der Waals surface area contributed by atoms with Crippen molar-refractivity contribution in [2.24, 2.45) is 0 Å². The first-order valence-electron chi connectivity index (χ1n) is 5.68. The molecule has 2 rings (SSSR count). The highest BCUT2D eigenvalue weighted by molar-refractivity contribution is 6.32. The number of nitrogens with zero attached hydrogens (tertiary/aromatic N) is 1. The van der Waals surface area contributed by atoms with Gasteiger partial charge in [0.25, 0.3) is 0 Å². The van der Waals surface area contributed by atoms with Gasteiger partial charge in [0.15, 0.2) is 0 Å². The van der Waals surface area contributed by atoms with Crippen molar-refractivity contribution in [2.45, 2.75) is 20.5 Å². The molecule has 0 N–H and O–H groups in total. The monoisotopic (exact) mass is 315 g/mol. The Hall–Kier alpha value is -0.960. The predicted molar refractivity (Wildman–Crippen MR) is 79.5 cm³/mol. The van der Waals surface area contributed by atoms with E-state index < -0.39 is 0 Å². The summed E-state index contributed by atoms with van der Waals surface area (Å²) in [7, 11) is 0. The van der Waals surface area contributed by atoms with Crippen LogP contribution in [-0.2, 0) is 6.61 Å². The van der Waals surface area contributed by atoms with Gasteiger partial charge in [-0.3, -0.25) is 0 Å². The van der Waals surface area contributed by atoms with E-state index in [1.807, 2.05) is 26.0 Å². The number of halogens is 3. The van der Waals surface area contributed by atoms with Crippen LogP contribution in [0.15, 0.2) is 24.3 Å². The molecule has 0 unspecified atom stereocenters. The van der Waals surface area contributed by atoms with Crippen LogP contribution < -0.4 is 4.74 Å². The molecule has 1 aromatic heterocycles. The van der Waals surface area contributed by atoms with Gasteiger partial charge >= 0.3 is 0 Å². The van der Waals surface area contributed by atoms with Gasteiger partial charge in [-0.25, -0.2) is 4.98 Å². The highest BCUT2D eigenvalue weighted by atomic mass is 35.5. The van der Waals surface area contributed by atoms with E-state index in [4.69, 9.17) is 39.5 Å². The molecular weight excluding hydrogens is 305 g/mol. The number of ether oxygens (including phenoxy) is 1. The first-order chi connectivity index (χ1) is 8.97. The topological polar surface area (TPSA) is 22.1 Å². The molecule has 0 aliphatic carbocycles. The average molecular weight is 317 g/mol. The Morgan fingerprint density at radius 2 is 1.68 bits per heavy atom. The number of rotatable bonds is 3. The van der Waals surface area contributed by atoms with E-state index >= 15 is 0 Å². The van der Waals surface area contributed by atoms with E-state index in [-0.39, 0.29) is 0 Å². The molecule has 0 fully saturated rings. The van der Waals surface area contributed by atoms with Gasteiger partial charge in [-0.1, -0.05) is 34.8 Å². The quantitative estimate of drug-likeness (QED) is 0.723. The van der Waals surface area contributed by atoms with Gasteiger partial charge in [0.1, 0.15) is 22.7 Å². The van der Waals surface area contributed by atoms with Crippen LogP contribution >= 0.6 is 34.8 Å². The lowest BCUT2D eigenvalue weighted by atomic mass is 10.1. The summed E-state index contributed by atoms with van der Waals surface area (Å²) < 4.78 is 5.80. The van der Waals surface area contributed by atoms with Gasteiger partial charge in [0.2, 0.25) is 0 Å². The predicted octanol–water partition coefficient (Wildman–Crippen LogP) is 5.24. The Labute approximate surface area is 127 Å². The minimum Gasteiger partial charge on any atom is -0.488 e. The Bertz CT molecular complexity index is 591. The van der Waals surface area contributed by atoms with Gasteiger partial charge in [0, 0.05) is 10.6 Å². The number of hydrogen-bond donors (Lipinski definition) is 0. The van der Waals surface area contributed by atoms with Gasteiger partial charge in [-0.05, 0) is 49.2 Å². The SMILES string of the molecule is Cc1cc(Cl)cc(C)c1OCc1ccc(Cl)nc1Cl. The van der Waals surface area contributed by atoms with Crippen molar-refractivity contribution >= 4 is 34.8 Å². The van der Waals surface area contributed by atoms with E-state index in [2.05, 4.69) is 4.98 Å². The summed E-state index contributed by atoms with van der Waals surface area (Å²) in [6, 6.07) is 7.23. The fourth-order valence-electron chi connectivity index (χ4n) is 1.82. The van der Waals surface area contributed by atoms with Crippen LogP contribution in [0.4, 0.5) is 0 Å². The van der Waals surface area contributed by atoms with Crippen LogP contribution in [0.3, 0.4) is 0 Å². The maximum Gasteiger partial charge on any atom is 0.137 e. The fraction of sp³-hybridized carbons (Fsp3) is 0.214. The summed E-state index contributed by atoms with van der Waals surface area (Å²) in [6.45, 7) is 4.25. The van der Waals surface area contributed by atoms with Crippen molar-refractivity contribution in [3.63, 3.8) is 0 Å². The standard InChI is InChI=1S/C14H12Cl3NO/c1-8-5-11(15)6-9(2)13(8)19-7-10-3-4-12(16)18-14(10)17/h3-6H,7H2,1-2H3. The maximum atomic E-state index is 6.00. The lowest BCUT2D eigenvalue weighted by Gasteiger charge is -2.13. The molecule has 2 aromatic rings. The molecule has 0 amide bonds. The van der Waals surface area contributed by atoms with Gasteiger partial charge in [-0.2, -0.15) is 0 Å². The molecule has 19 heavy (non-hydrogen) atoms. The molecule has 1 aromatic carbocycles. The third-order valence-electron chi connectivity index (χ3n) is 2.69. The van der Waals surface area contributed by atoms with Gasteiger partial charge in [-0.15, -0.1) is 0 Å². The molecule has 0 saturated carbocycles. The zero-order chi connectivity index (χ0) is 14.0. The summed E-state index contributed by atoms with van der Waals surface area (Å²) in [5, 5.41) is 1.43. The lowest BCUT2D eigenvalue weighted by molar-refractivity contribution is 0.301. The van der Waals surface area contributed by atoms with Crippen LogP contribution in [0.1, 0.15) is 16.7 Å². The number of benzene rings is 1. The average Bonchev–Trinajstić information content (AvgIpc) is 2.30. The molecule has 1 heterocycles. The molecular formula is C14H12Cl3NO.